The van der Waals surface area contributed by atoms with Gasteiger partial charge in [-0.2, -0.15) is 91.3 Å². The summed E-state index contributed by atoms with van der Waals surface area (Å²) < 4.78 is 236. The molecule has 5 aromatic heterocycles. The molecule has 31 heteroatoms. The molecular weight excluding hydrogens is 1210 g/mol. The molecule has 4 aliphatic rings. The zero-order valence-electron chi connectivity index (χ0n) is 48.4. The molecule has 83 heavy (non-hydrogen) atoms. The lowest BCUT2D eigenvalue weighted by Gasteiger charge is -2.32. The van der Waals surface area contributed by atoms with Crippen molar-refractivity contribution in [1.29, 1.82) is 0 Å². The van der Waals surface area contributed by atoms with Crippen LogP contribution < -0.4 is 5.46 Å². The number of hydrogen-bond acceptors (Lipinski definition) is 7. The molecule has 0 aromatic carbocycles. The molecule has 0 spiro atoms. The quantitative estimate of drug-likeness (QED) is 0.0907. The first-order valence-electron chi connectivity index (χ1n) is 26.8. The maximum Gasteiger partial charge on any atom is 0.498 e. The second-order valence-electron chi connectivity index (χ2n) is 23.0. The summed E-state index contributed by atoms with van der Waals surface area (Å²) in [5.74, 6) is -4.81. The van der Waals surface area contributed by atoms with E-state index in [4.69, 9.17) is 9.31 Å². The highest BCUT2D eigenvalue weighted by atomic mass is 79.9. The Labute approximate surface area is 478 Å². The third kappa shape index (κ3) is 15.5. The van der Waals surface area contributed by atoms with Crippen LogP contribution in [0.15, 0.2) is 22.9 Å². The van der Waals surface area contributed by atoms with Crippen LogP contribution in [-0.2, 0) is 65.4 Å². The molecule has 0 bridgehead atoms. The Morgan fingerprint density at radius 1 is 0.566 bits per heavy atom. The molecule has 5 aromatic rings. The van der Waals surface area contributed by atoms with E-state index in [0.29, 0.717) is 24.1 Å². The van der Waals surface area contributed by atoms with Gasteiger partial charge in [0.25, 0.3) is 5.92 Å². The monoisotopic (exact) mass is 1280 g/mol. The fourth-order valence-electron chi connectivity index (χ4n) is 9.41. The van der Waals surface area contributed by atoms with Gasteiger partial charge >= 0.3 is 38.0 Å². The standard InChI is InChI=1S/C13H20BF3N2O2.C12H17F3N2.C11H11F5N2.C9H13F3N2.C7H8BrF3N2/c1-8(2)19-7-9(10(18-19)13(15,16)17)14-20-11(3,4)12(5,6)21-14;1-8(2)17-10-7-5-3-4-6-9(10)11(16-17)12(13,14)15;1-4(2)18-8-5-3-6(5)10(12,13)7(8)9(17-18)11(14,15)16;1-4-7-5-8(9(10,11)12)13-14(7)6(2)3;1-4(2)13-3-5(8)6(12-13)7(9,10)11/h7-8H,1-6H3;8H,3-7H2,1-2H3;4-6H,3H2,1-2H3;5-6H,4H2,1-3H3;3-4H,1-2H3. The summed E-state index contributed by atoms with van der Waals surface area (Å²) in [5, 5.41) is 17.8. The number of halogens is 18. The van der Waals surface area contributed by atoms with Crippen molar-refractivity contribution in [3.05, 3.63) is 79.6 Å². The topological polar surface area (TPSA) is 108 Å². The van der Waals surface area contributed by atoms with Gasteiger partial charge in [-0.25, -0.2) is 8.78 Å². The number of rotatable bonds is 7. The van der Waals surface area contributed by atoms with Crippen LogP contribution in [0.3, 0.4) is 0 Å². The van der Waals surface area contributed by atoms with E-state index in [1.807, 2.05) is 34.6 Å². The van der Waals surface area contributed by atoms with Crippen LogP contribution in [0.25, 0.3) is 0 Å². The van der Waals surface area contributed by atoms with Crippen LogP contribution >= 0.6 is 15.9 Å². The fourth-order valence-corrected chi connectivity index (χ4v) is 9.92. The van der Waals surface area contributed by atoms with E-state index >= 15 is 0 Å². The van der Waals surface area contributed by atoms with Gasteiger partial charge in [-0.15, -0.1) is 0 Å². The molecule has 1 aliphatic heterocycles. The van der Waals surface area contributed by atoms with E-state index in [0.717, 1.165) is 42.1 Å². The molecule has 0 N–H and O–H groups in total. The Hall–Kier alpha value is -4.68. The number of hydrogen-bond donors (Lipinski definition) is 0. The molecule has 0 amide bonds. The number of fused-ring (bicyclic) bond motifs is 4. The Morgan fingerprint density at radius 2 is 1.02 bits per heavy atom. The summed E-state index contributed by atoms with van der Waals surface area (Å²) >= 11 is 2.82. The minimum atomic E-state index is -4.83. The summed E-state index contributed by atoms with van der Waals surface area (Å²) in [7, 11) is -1.07. The van der Waals surface area contributed by atoms with Crippen LogP contribution in [0.4, 0.5) is 74.6 Å². The lowest BCUT2D eigenvalue weighted by atomic mass is 9.79. The summed E-state index contributed by atoms with van der Waals surface area (Å²) in [5.41, 5.74) is -5.11. The molecule has 2 atom stereocenters. The molecule has 6 heterocycles. The molecule has 9 rings (SSSR count). The molecule has 1 saturated heterocycles. The first-order valence-corrected chi connectivity index (χ1v) is 27.6. The second kappa shape index (κ2) is 24.6. The number of aromatic nitrogens is 10. The van der Waals surface area contributed by atoms with Crippen LogP contribution in [0.5, 0.6) is 0 Å². The lowest BCUT2D eigenvalue weighted by Crippen LogP contribution is -2.41. The Kier molecular flexibility index (Phi) is 20.5. The Bertz CT molecular complexity index is 2970. The highest BCUT2D eigenvalue weighted by molar-refractivity contribution is 9.10. The SMILES string of the molecule is CC(C)n1cc(B2OC(C)(C)C(C)(C)O2)c(C(F)(F)F)n1.CC(C)n1cc(Br)c(C(F)(F)F)n1.CC(C)n1nc(C(F)(F)F)c2c1C1CC1C2(F)F.CC(C)n1nc(C(F)(F)F)c2c1CCCCC2.CCc1cc(C(F)(F)F)nn1C(C)C. The van der Waals surface area contributed by atoms with E-state index in [1.165, 1.54) is 26.4 Å². The van der Waals surface area contributed by atoms with Gasteiger partial charge < -0.3 is 9.31 Å². The van der Waals surface area contributed by atoms with Crippen LogP contribution in [-0.4, -0.2) is 67.2 Å². The van der Waals surface area contributed by atoms with E-state index in [9.17, 15) is 74.6 Å². The summed E-state index contributed by atoms with van der Waals surface area (Å²) in [4.78, 5) is 0. The minimum absolute atomic E-state index is 0.0158. The van der Waals surface area contributed by atoms with Gasteiger partial charge in [0.2, 0.25) is 0 Å². The molecule has 468 valence electrons. The van der Waals surface area contributed by atoms with E-state index < -0.39 is 101 Å². The van der Waals surface area contributed by atoms with E-state index in [2.05, 4.69) is 41.4 Å². The number of nitrogens with zero attached hydrogens (tertiary/aromatic N) is 10. The fraction of sp³-hybridized carbons (Fsp3) is 0.712. The molecule has 1 saturated carbocycles. The molecule has 0 radical (unpaired) electrons. The Morgan fingerprint density at radius 3 is 1.43 bits per heavy atom. The van der Waals surface area contributed by atoms with E-state index in [-0.39, 0.29) is 52.3 Å². The van der Waals surface area contributed by atoms with Crippen molar-refractivity contribution >= 4 is 28.5 Å². The molecule has 12 nitrogen and oxygen atoms in total. The van der Waals surface area contributed by atoms with Crippen molar-refractivity contribution in [3.63, 3.8) is 0 Å². The minimum Gasteiger partial charge on any atom is -0.399 e. The van der Waals surface area contributed by atoms with Gasteiger partial charge in [0.05, 0.1) is 26.9 Å². The highest BCUT2D eigenvalue weighted by Crippen LogP contribution is 2.68. The summed E-state index contributed by atoms with van der Waals surface area (Å²) in [6.45, 7) is 26.7. The zero-order chi connectivity index (χ0) is 63.5. The molecule has 3 aliphatic carbocycles. The van der Waals surface area contributed by atoms with Gasteiger partial charge in [-0.05, 0) is 157 Å². The van der Waals surface area contributed by atoms with Crippen molar-refractivity contribution in [2.75, 3.05) is 0 Å². The normalized spacial score (nSPS) is 19.1. The first kappa shape index (κ1) is 69.1. The average Bonchev–Trinajstić information content (AvgIpc) is 1.55. The van der Waals surface area contributed by atoms with E-state index in [1.54, 1.807) is 73.9 Å². The smallest absolute Gasteiger partial charge is 0.399 e. The van der Waals surface area contributed by atoms with Crippen molar-refractivity contribution in [1.82, 2.24) is 48.9 Å². The van der Waals surface area contributed by atoms with Crippen LogP contribution in [0, 0.1) is 5.92 Å². The highest BCUT2D eigenvalue weighted by Gasteiger charge is 2.68. The maximum absolute atomic E-state index is 13.9. The molecule has 2 unspecified atom stereocenters. The predicted molar refractivity (Wildman–Crippen MR) is 277 cm³/mol. The maximum atomic E-state index is 13.9. The summed E-state index contributed by atoms with van der Waals surface area (Å²) in [6.07, 6.45) is -14.9. The van der Waals surface area contributed by atoms with Crippen molar-refractivity contribution in [2.45, 2.75) is 233 Å². The Balaban J connectivity index is 0.000000192. The lowest BCUT2D eigenvalue weighted by molar-refractivity contribution is -0.146. The van der Waals surface area contributed by atoms with Crippen LogP contribution in [0.2, 0.25) is 0 Å². The van der Waals surface area contributed by atoms with Crippen LogP contribution in [0.1, 0.15) is 222 Å². The third-order valence-corrected chi connectivity index (χ3v) is 14.9. The average molecular weight is 1280 g/mol. The van der Waals surface area contributed by atoms with Gasteiger partial charge in [0.1, 0.15) is 0 Å². The third-order valence-electron chi connectivity index (χ3n) is 14.4. The second-order valence-corrected chi connectivity index (χ2v) is 23.8. The molecular formula is C52H69BBrF17N10O2. The number of aryl methyl sites for hydroxylation is 1. The van der Waals surface area contributed by atoms with Crippen molar-refractivity contribution in [2.24, 2.45) is 5.92 Å². The number of alkyl halides is 17. The van der Waals surface area contributed by atoms with Crippen molar-refractivity contribution < 1.29 is 83.9 Å². The van der Waals surface area contributed by atoms with Gasteiger partial charge in [-0.1, -0.05) is 13.3 Å². The molecule has 2 fully saturated rings. The van der Waals surface area contributed by atoms with Crippen molar-refractivity contribution in [3.8, 4) is 0 Å². The predicted octanol–water partition coefficient (Wildman–Crippen LogP) is 16.5. The van der Waals surface area contributed by atoms with Gasteiger partial charge in [0, 0.05) is 76.9 Å². The zero-order valence-corrected chi connectivity index (χ0v) is 50.0. The first-order chi connectivity index (χ1) is 37.6. The largest absolute Gasteiger partial charge is 0.498 e. The summed E-state index contributed by atoms with van der Waals surface area (Å²) in [6, 6.07) is 0.443. The van der Waals surface area contributed by atoms with Gasteiger partial charge in [-0.3, -0.25) is 23.4 Å². The van der Waals surface area contributed by atoms with Gasteiger partial charge in [0.15, 0.2) is 28.5 Å².